The van der Waals surface area contributed by atoms with Crippen LogP contribution in [0, 0.1) is 0 Å². The summed E-state index contributed by atoms with van der Waals surface area (Å²) in [6, 6.07) is 0. The van der Waals surface area contributed by atoms with Crippen LogP contribution in [0.25, 0.3) is 0 Å². The van der Waals surface area contributed by atoms with E-state index in [-0.39, 0.29) is 5.97 Å². The number of carbonyl (C=O) groups is 2. The van der Waals surface area contributed by atoms with Crippen molar-refractivity contribution in [2.75, 3.05) is 40.8 Å². The second-order valence-electron chi connectivity index (χ2n) is 6.49. The topological polar surface area (TPSA) is 64.6 Å². The van der Waals surface area contributed by atoms with Crippen molar-refractivity contribution in [2.24, 2.45) is 0 Å². The fraction of sp³-hybridized carbons (Fsp3) is 0.857. The molecule has 0 spiro atoms. The number of hydrogen-bond acceptors (Lipinski definition) is 4. The molecule has 0 aromatic carbocycles. The van der Waals surface area contributed by atoms with Crippen LogP contribution in [0.2, 0.25) is 0 Å². The van der Waals surface area contributed by atoms with E-state index in [1.807, 2.05) is 20.8 Å². The smallest absolute Gasteiger partial charge is 0.407 e. The van der Waals surface area contributed by atoms with E-state index in [1.165, 1.54) is 7.11 Å². The molecule has 6 nitrogen and oxygen atoms in total. The van der Waals surface area contributed by atoms with Crippen molar-refractivity contribution in [3.8, 4) is 0 Å². The first-order valence-electron chi connectivity index (χ1n) is 6.91. The number of amides is 1. The molecular weight excluding hydrogens is 260 g/mol. The monoisotopic (exact) mass is 289 g/mol. The minimum Gasteiger partial charge on any atom is -0.469 e. The summed E-state index contributed by atoms with van der Waals surface area (Å²) in [4.78, 5) is 22.5. The van der Waals surface area contributed by atoms with Gasteiger partial charge in [0.15, 0.2) is 0 Å². The van der Waals surface area contributed by atoms with E-state index >= 15 is 0 Å². The third-order valence-corrected chi connectivity index (χ3v) is 2.76. The van der Waals surface area contributed by atoms with Crippen LogP contribution in [0.15, 0.2) is 0 Å². The lowest BCUT2D eigenvalue weighted by Gasteiger charge is -2.30. The number of quaternary nitrogens is 1. The van der Waals surface area contributed by atoms with Gasteiger partial charge in [-0.05, 0) is 20.8 Å². The van der Waals surface area contributed by atoms with Gasteiger partial charge in [0.05, 0.1) is 47.3 Å². The number of nitrogens with one attached hydrogen (secondary N) is 1. The summed E-state index contributed by atoms with van der Waals surface area (Å²) >= 11 is 0. The molecule has 0 aliphatic rings. The number of hydrogen-bond donors (Lipinski definition) is 1. The third-order valence-electron chi connectivity index (χ3n) is 2.76. The van der Waals surface area contributed by atoms with Gasteiger partial charge >= 0.3 is 12.1 Å². The molecule has 0 aliphatic heterocycles. The minimum absolute atomic E-state index is 0.183. The summed E-state index contributed by atoms with van der Waals surface area (Å²) in [5, 5.41) is 2.74. The molecule has 0 saturated heterocycles. The first-order valence-corrected chi connectivity index (χ1v) is 6.91. The fourth-order valence-corrected chi connectivity index (χ4v) is 1.64. The van der Waals surface area contributed by atoms with Crippen molar-refractivity contribution in [3.63, 3.8) is 0 Å². The van der Waals surface area contributed by atoms with Crippen LogP contribution < -0.4 is 5.32 Å². The van der Waals surface area contributed by atoms with E-state index in [4.69, 9.17) is 4.74 Å². The molecule has 118 valence electrons. The molecule has 0 unspecified atom stereocenters. The van der Waals surface area contributed by atoms with Gasteiger partial charge in [-0.25, -0.2) is 4.79 Å². The van der Waals surface area contributed by atoms with Crippen molar-refractivity contribution in [1.29, 1.82) is 0 Å². The number of likely N-dealkylation sites (N-methyl/N-ethyl adjacent to an activating group) is 1. The van der Waals surface area contributed by atoms with E-state index in [2.05, 4.69) is 24.1 Å². The molecule has 0 aliphatic carbocycles. The zero-order valence-corrected chi connectivity index (χ0v) is 13.6. The summed E-state index contributed by atoms with van der Waals surface area (Å²) in [6.07, 6.45) is 0.802. The Hall–Kier alpha value is -1.30. The molecule has 20 heavy (non-hydrogen) atoms. The van der Waals surface area contributed by atoms with Gasteiger partial charge in [-0.3, -0.25) is 4.79 Å². The molecule has 0 heterocycles. The van der Waals surface area contributed by atoms with Crippen molar-refractivity contribution < 1.29 is 23.5 Å². The van der Waals surface area contributed by atoms with Crippen LogP contribution in [0.4, 0.5) is 4.79 Å². The second-order valence-corrected chi connectivity index (χ2v) is 6.49. The second kappa shape index (κ2) is 8.09. The number of carbonyl (C=O) groups excluding carboxylic acids is 2. The van der Waals surface area contributed by atoms with E-state index in [0.29, 0.717) is 13.0 Å². The van der Waals surface area contributed by atoms with Gasteiger partial charge in [-0.15, -0.1) is 0 Å². The molecule has 6 heteroatoms. The van der Waals surface area contributed by atoms with Crippen LogP contribution in [-0.2, 0) is 14.3 Å². The van der Waals surface area contributed by atoms with Crippen LogP contribution in [0.5, 0.6) is 0 Å². The number of rotatable bonds is 7. The maximum Gasteiger partial charge on any atom is 0.407 e. The molecule has 1 N–H and O–H groups in total. The summed E-state index contributed by atoms with van der Waals surface area (Å²) < 4.78 is 10.5. The molecule has 0 rings (SSSR count). The predicted octanol–water partition coefficient (Wildman–Crippen LogP) is 1.54. The lowest BCUT2D eigenvalue weighted by atomic mass is 10.2. The van der Waals surface area contributed by atoms with Crippen molar-refractivity contribution in [1.82, 2.24) is 5.32 Å². The molecule has 0 bridgehead atoms. The van der Waals surface area contributed by atoms with Gasteiger partial charge in [0.1, 0.15) is 5.60 Å². The first kappa shape index (κ1) is 18.7. The lowest BCUT2D eigenvalue weighted by Crippen LogP contribution is -2.46. The van der Waals surface area contributed by atoms with E-state index in [0.717, 1.165) is 24.0 Å². The largest absolute Gasteiger partial charge is 0.469 e. The summed E-state index contributed by atoms with van der Waals surface area (Å²) in [7, 11) is 5.52. The Morgan fingerprint density at radius 3 is 2.25 bits per heavy atom. The number of ether oxygens (including phenoxy) is 2. The van der Waals surface area contributed by atoms with Crippen molar-refractivity contribution in [2.45, 2.75) is 39.2 Å². The summed E-state index contributed by atoms with van der Waals surface area (Å²) in [6.45, 7) is 7.67. The first-order chi connectivity index (χ1) is 9.06. The quantitative estimate of drug-likeness (QED) is 0.570. The standard InChI is InChI=1S/C14H28N2O4/c1-14(2,3)20-13(18)15-9-11-16(4,5)10-7-8-12(17)19-6/h7-11H2,1-6H3/p+1. The van der Waals surface area contributed by atoms with Gasteiger partial charge in [0.2, 0.25) is 0 Å². The van der Waals surface area contributed by atoms with Crippen molar-refractivity contribution in [3.05, 3.63) is 0 Å². The Morgan fingerprint density at radius 1 is 1.15 bits per heavy atom. The van der Waals surface area contributed by atoms with E-state index in [1.54, 1.807) is 0 Å². The average Bonchev–Trinajstić information content (AvgIpc) is 2.25. The highest BCUT2D eigenvalue weighted by molar-refractivity contribution is 5.69. The van der Waals surface area contributed by atoms with Crippen LogP contribution in [0.3, 0.4) is 0 Å². The zero-order valence-electron chi connectivity index (χ0n) is 13.6. The lowest BCUT2D eigenvalue weighted by molar-refractivity contribution is -0.889. The highest BCUT2D eigenvalue weighted by Gasteiger charge is 2.18. The number of alkyl carbamates (subject to hydrolysis) is 1. The van der Waals surface area contributed by atoms with Crippen LogP contribution >= 0.6 is 0 Å². The molecule has 0 radical (unpaired) electrons. The van der Waals surface area contributed by atoms with E-state index < -0.39 is 11.7 Å². The Morgan fingerprint density at radius 2 is 1.75 bits per heavy atom. The maximum absolute atomic E-state index is 11.5. The number of methoxy groups -OCH3 is 1. The molecule has 0 fully saturated rings. The summed E-state index contributed by atoms with van der Waals surface area (Å²) in [5.74, 6) is -0.183. The van der Waals surface area contributed by atoms with Gasteiger partial charge in [-0.1, -0.05) is 0 Å². The predicted molar refractivity (Wildman–Crippen MR) is 77.3 cm³/mol. The average molecular weight is 289 g/mol. The van der Waals surface area contributed by atoms with Crippen LogP contribution in [0.1, 0.15) is 33.6 Å². The Labute approximate surface area is 122 Å². The highest BCUT2D eigenvalue weighted by Crippen LogP contribution is 2.06. The van der Waals surface area contributed by atoms with Gasteiger partial charge in [0, 0.05) is 6.42 Å². The third kappa shape index (κ3) is 10.6. The Balaban J connectivity index is 3.87. The molecule has 0 aromatic heterocycles. The number of nitrogens with zero attached hydrogens (tertiary/aromatic N) is 1. The van der Waals surface area contributed by atoms with E-state index in [9.17, 15) is 9.59 Å². The number of esters is 1. The fourth-order valence-electron chi connectivity index (χ4n) is 1.64. The maximum atomic E-state index is 11.5. The van der Waals surface area contributed by atoms with Gasteiger partial charge < -0.3 is 19.3 Å². The molecular formula is C14H29N2O4+. The van der Waals surface area contributed by atoms with Crippen LogP contribution in [-0.4, -0.2) is 63.0 Å². The van der Waals surface area contributed by atoms with Gasteiger partial charge in [-0.2, -0.15) is 0 Å². The minimum atomic E-state index is -0.477. The summed E-state index contributed by atoms with van der Waals surface area (Å²) in [5.41, 5.74) is -0.477. The molecule has 0 saturated carbocycles. The SMILES string of the molecule is COC(=O)CCC[N+](C)(C)CCNC(=O)OC(C)(C)C. The molecule has 0 aromatic rings. The Kier molecular flexibility index (Phi) is 7.57. The normalized spacial score (nSPS) is 11.9. The zero-order chi connectivity index (χ0) is 15.8. The molecule has 1 amide bonds. The highest BCUT2D eigenvalue weighted by atomic mass is 16.6. The molecule has 0 atom stereocenters. The Bertz CT molecular complexity index is 322. The van der Waals surface area contributed by atoms with Crippen molar-refractivity contribution >= 4 is 12.1 Å². The van der Waals surface area contributed by atoms with Gasteiger partial charge in [0.25, 0.3) is 0 Å².